The number of hydrogen-bond donors (Lipinski definition) is 2. The van der Waals surface area contributed by atoms with E-state index in [1.54, 1.807) is 19.1 Å². The minimum atomic E-state index is -0.780. The number of aliphatic hydroxyl groups excluding tert-OH is 1. The standard InChI is InChI=1S/C22H26FN3O3/c1-13-10-17(6-7-19(13)23)29-9-8-26(3)14(2)25-16-5-4-15-11-20(27)21(22(24)28)18(15)12-16/h4-7,10,12,20-21,27H,8-9,11H2,1-3H3,(H2,24,28). The molecule has 2 unspecified atom stereocenters. The number of carbonyl (C=O) groups is 1. The Morgan fingerprint density at radius 3 is 2.79 bits per heavy atom. The Labute approximate surface area is 169 Å². The van der Waals surface area contributed by atoms with Crippen LogP contribution in [0.1, 0.15) is 29.5 Å². The molecule has 29 heavy (non-hydrogen) atoms. The lowest BCUT2D eigenvalue weighted by molar-refractivity contribution is -0.121. The predicted molar refractivity (Wildman–Crippen MR) is 110 cm³/mol. The number of carbonyl (C=O) groups excluding carboxylic acids is 1. The van der Waals surface area contributed by atoms with Gasteiger partial charge in [-0.25, -0.2) is 9.38 Å². The van der Waals surface area contributed by atoms with Gasteiger partial charge in [-0.1, -0.05) is 6.07 Å². The molecule has 0 fully saturated rings. The third-order valence-corrected chi connectivity index (χ3v) is 5.25. The highest BCUT2D eigenvalue weighted by atomic mass is 19.1. The lowest BCUT2D eigenvalue weighted by Crippen LogP contribution is -2.29. The number of rotatable bonds is 6. The molecule has 0 aromatic heterocycles. The van der Waals surface area contributed by atoms with Crippen LogP contribution in [0.25, 0.3) is 0 Å². The lowest BCUT2D eigenvalue weighted by atomic mass is 9.99. The number of nitrogens with zero attached hydrogens (tertiary/aromatic N) is 2. The number of aryl methyl sites for hydroxylation is 1. The molecule has 0 spiro atoms. The van der Waals surface area contributed by atoms with Crippen molar-refractivity contribution in [3.63, 3.8) is 0 Å². The first-order chi connectivity index (χ1) is 13.8. The number of fused-ring (bicyclic) bond motifs is 1. The molecule has 2 atom stereocenters. The number of ether oxygens (including phenoxy) is 1. The number of likely N-dealkylation sites (N-methyl/N-ethyl adjacent to an activating group) is 1. The van der Waals surface area contributed by atoms with E-state index in [0.717, 1.165) is 17.0 Å². The summed E-state index contributed by atoms with van der Waals surface area (Å²) in [7, 11) is 1.90. The highest BCUT2D eigenvalue weighted by molar-refractivity contribution is 5.85. The molecule has 0 bridgehead atoms. The van der Waals surface area contributed by atoms with Crippen LogP contribution in [0.4, 0.5) is 10.1 Å². The summed E-state index contributed by atoms with van der Waals surface area (Å²) in [5.74, 6) is -0.0670. The number of benzene rings is 2. The number of aliphatic imine (C=N–C) groups is 1. The van der Waals surface area contributed by atoms with E-state index in [1.165, 1.54) is 6.07 Å². The van der Waals surface area contributed by atoms with Crippen LogP contribution in [0.5, 0.6) is 5.75 Å². The fourth-order valence-corrected chi connectivity index (χ4v) is 3.46. The van der Waals surface area contributed by atoms with Gasteiger partial charge in [0.15, 0.2) is 0 Å². The van der Waals surface area contributed by atoms with E-state index in [4.69, 9.17) is 10.5 Å². The number of primary amides is 1. The SMILES string of the molecule is CC(=Nc1ccc2c(c1)C(C(N)=O)C(O)C2)N(C)CCOc1ccc(F)c(C)c1. The van der Waals surface area contributed by atoms with Crippen LogP contribution in [0.3, 0.4) is 0 Å². The summed E-state index contributed by atoms with van der Waals surface area (Å²) in [6, 6.07) is 10.2. The van der Waals surface area contributed by atoms with Gasteiger partial charge < -0.3 is 20.5 Å². The van der Waals surface area contributed by atoms with Crippen molar-refractivity contribution in [1.29, 1.82) is 0 Å². The van der Waals surface area contributed by atoms with Crippen LogP contribution in [0, 0.1) is 12.7 Å². The van der Waals surface area contributed by atoms with Gasteiger partial charge >= 0.3 is 0 Å². The first-order valence-corrected chi connectivity index (χ1v) is 9.52. The highest BCUT2D eigenvalue weighted by Crippen LogP contribution is 2.35. The van der Waals surface area contributed by atoms with E-state index in [2.05, 4.69) is 4.99 Å². The van der Waals surface area contributed by atoms with Crippen molar-refractivity contribution >= 4 is 17.4 Å². The van der Waals surface area contributed by atoms with Crippen LogP contribution in [0.15, 0.2) is 41.4 Å². The minimum absolute atomic E-state index is 0.252. The van der Waals surface area contributed by atoms with Crippen molar-refractivity contribution in [3.05, 3.63) is 58.9 Å². The summed E-state index contributed by atoms with van der Waals surface area (Å²) in [4.78, 5) is 18.2. The summed E-state index contributed by atoms with van der Waals surface area (Å²) < 4.78 is 19.0. The maximum absolute atomic E-state index is 13.3. The smallest absolute Gasteiger partial charge is 0.227 e. The molecule has 3 N–H and O–H groups in total. The van der Waals surface area contributed by atoms with Gasteiger partial charge in [0.2, 0.25) is 5.91 Å². The first-order valence-electron chi connectivity index (χ1n) is 9.52. The average Bonchev–Trinajstić information content (AvgIpc) is 2.99. The fraction of sp³-hybridized carbons (Fsp3) is 0.364. The molecular formula is C22H26FN3O3. The van der Waals surface area contributed by atoms with Crippen LogP contribution < -0.4 is 10.5 Å². The number of nitrogens with two attached hydrogens (primary N) is 1. The molecule has 2 aromatic carbocycles. The maximum Gasteiger partial charge on any atom is 0.227 e. The van der Waals surface area contributed by atoms with Crippen molar-refractivity contribution in [2.45, 2.75) is 32.3 Å². The zero-order chi connectivity index (χ0) is 21.1. The van der Waals surface area contributed by atoms with E-state index in [1.807, 2.05) is 37.1 Å². The number of amides is 1. The zero-order valence-corrected chi connectivity index (χ0v) is 16.9. The van der Waals surface area contributed by atoms with Gasteiger partial charge in [0.1, 0.15) is 24.0 Å². The zero-order valence-electron chi connectivity index (χ0n) is 16.9. The monoisotopic (exact) mass is 399 g/mol. The van der Waals surface area contributed by atoms with E-state index in [9.17, 15) is 14.3 Å². The topological polar surface area (TPSA) is 88.1 Å². The summed E-state index contributed by atoms with van der Waals surface area (Å²) >= 11 is 0. The second kappa shape index (κ2) is 8.61. The van der Waals surface area contributed by atoms with Gasteiger partial charge in [-0.15, -0.1) is 0 Å². The summed E-state index contributed by atoms with van der Waals surface area (Å²) in [5, 5.41) is 10.1. The number of aliphatic hydroxyl groups is 1. The van der Waals surface area contributed by atoms with Crippen molar-refractivity contribution in [3.8, 4) is 5.75 Å². The Kier molecular flexibility index (Phi) is 6.17. The number of hydrogen-bond acceptors (Lipinski definition) is 4. The van der Waals surface area contributed by atoms with E-state index in [-0.39, 0.29) is 5.82 Å². The Hall–Kier alpha value is -2.93. The third-order valence-electron chi connectivity index (χ3n) is 5.25. The maximum atomic E-state index is 13.3. The van der Waals surface area contributed by atoms with Gasteiger partial charge in [-0.3, -0.25) is 4.79 Å². The Bertz CT molecular complexity index is 945. The third kappa shape index (κ3) is 4.74. The molecule has 0 saturated carbocycles. The first kappa shape index (κ1) is 20.8. The minimum Gasteiger partial charge on any atom is -0.492 e. The molecule has 3 rings (SSSR count). The molecule has 1 aliphatic carbocycles. The molecular weight excluding hydrogens is 373 g/mol. The fourth-order valence-electron chi connectivity index (χ4n) is 3.46. The van der Waals surface area contributed by atoms with Crippen LogP contribution >= 0.6 is 0 Å². The van der Waals surface area contributed by atoms with Gasteiger partial charge in [-0.2, -0.15) is 0 Å². The Morgan fingerprint density at radius 1 is 1.34 bits per heavy atom. The molecule has 154 valence electrons. The second-order valence-electron chi connectivity index (χ2n) is 7.37. The number of amidine groups is 1. The predicted octanol–water partition coefficient (Wildman–Crippen LogP) is 2.68. The summed E-state index contributed by atoms with van der Waals surface area (Å²) in [6.45, 7) is 4.60. The number of halogens is 1. The normalized spacial score (nSPS) is 18.4. The molecule has 1 aliphatic rings. The quantitative estimate of drug-likeness (QED) is 0.577. The van der Waals surface area contributed by atoms with Crippen molar-refractivity contribution in [1.82, 2.24) is 4.90 Å². The van der Waals surface area contributed by atoms with Crippen molar-refractivity contribution in [2.24, 2.45) is 10.7 Å². The van der Waals surface area contributed by atoms with Crippen LogP contribution in [0.2, 0.25) is 0 Å². The molecule has 0 radical (unpaired) electrons. The Balaban J connectivity index is 1.63. The molecule has 7 heteroatoms. The molecule has 1 amide bonds. The lowest BCUT2D eigenvalue weighted by Gasteiger charge is -2.19. The van der Waals surface area contributed by atoms with Gasteiger partial charge in [0.25, 0.3) is 0 Å². The van der Waals surface area contributed by atoms with E-state index >= 15 is 0 Å². The van der Waals surface area contributed by atoms with Crippen LogP contribution in [-0.4, -0.2) is 48.1 Å². The van der Waals surface area contributed by atoms with E-state index < -0.39 is 17.9 Å². The largest absolute Gasteiger partial charge is 0.492 e. The van der Waals surface area contributed by atoms with Crippen LogP contribution in [-0.2, 0) is 11.2 Å². The second-order valence-corrected chi connectivity index (χ2v) is 7.37. The van der Waals surface area contributed by atoms with Crippen molar-refractivity contribution < 1.29 is 19.0 Å². The summed E-state index contributed by atoms with van der Waals surface area (Å²) in [6.07, 6.45) is -0.357. The van der Waals surface area contributed by atoms with E-state index in [0.29, 0.717) is 36.6 Å². The average molecular weight is 399 g/mol. The molecule has 0 heterocycles. The molecule has 0 aliphatic heterocycles. The molecule has 6 nitrogen and oxygen atoms in total. The molecule has 2 aromatic rings. The van der Waals surface area contributed by atoms with Crippen molar-refractivity contribution in [2.75, 3.05) is 20.2 Å². The van der Waals surface area contributed by atoms with Gasteiger partial charge in [0.05, 0.1) is 24.3 Å². The highest BCUT2D eigenvalue weighted by Gasteiger charge is 2.35. The van der Waals surface area contributed by atoms with Gasteiger partial charge in [-0.05, 0) is 67.3 Å². The van der Waals surface area contributed by atoms with Gasteiger partial charge in [0, 0.05) is 7.05 Å². The Morgan fingerprint density at radius 2 is 2.10 bits per heavy atom. The summed E-state index contributed by atoms with van der Waals surface area (Å²) in [5.41, 5.74) is 8.36. The molecule has 0 saturated heterocycles.